The van der Waals surface area contributed by atoms with E-state index >= 15 is 0 Å². The van der Waals surface area contributed by atoms with Crippen LogP contribution in [0.25, 0.3) is 10.9 Å². The summed E-state index contributed by atoms with van der Waals surface area (Å²) < 4.78 is 30.8. The Labute approximate surface area is 184 Å². The van der Waals surface area contributed by atoms with Crippen molar-refractivity contribution in [3.63, 3.8) is 0 Å². The van der Waals surface area contributed by atoms with Gasteiger partial charge in [-0.25, -0.2) is 13.4 Å². The molecule has 5 atom stereocenters. The van der Waals surface area contributed by atoms with Crippen molar-refractivity contribution >= 4 is 20.7 Å². The number of sulfone groups is 1. The van der Waals surface area contributed by atoms with Crippen LogP contribution in [0.15, 0.2) is 41.9 Å². The molecule has 0 aliphatic carbocycles. The Morgan fingerprint density at radius 2 is 2.06 bits per heavy atom. The molecule has 0 radical (unpaired) electrons. The zero-order chi connectivity index (χ0) is 22.6. The summed E-state index contributed by atoms with van der Waals surface area (Å²) in [6, 6.07) is 6.86. The Morgan fingerprint density at radius 3 is 2.65 bits per heavy atom. The van der Waals surface area contributed by atoms with Crippen LogP contribution in [0, 0.1) is 11.8 Å². The molecule has 31 heavy (non-hydrogen) atoms. The van der Waals surface area contributed by atoms with Crippen molar-refractivity contribution in [1.29, 1.82) is 0 Å². The summed E-state index contributed by atoms with van der Waals surface area (Å²) in [5, 5.41) is 12.3. The number of pyridine rings is 1. The number of hydrogen-bond acceptors (Lipinski definition) is 6. The highest BCUT2D eigenvalue weighted by Crippen LogP contribution is 2.43. The number of piperidine rings is 3. The number of aliphatic hydroxyl groups excluding tert-OH is 1. The molecule has 2 bridgehead atoms. The van der Waals surface area contributed by atoms with Crippen molar-refractivity contribution in [3.8, 4) is 5.75 Å². The van der Waals surface area contributed by atoms with E-state index in [9.17, 15) is 13.5 Å². The van der Waals surface area contributed by atoms with Gasteiger partial charge in [-0.05, 0) is 81.8 Å². The molecule has 1 aromatic carbocycles. The van der Waals surface area contributed by atoms with Gasteiger partial charge in [0.05, 0.1) is 23.5 Å². The van der Waals surface area contributed by atoms with E-state index in [1.165, 1.54) is 0 Å². The first-order valence-corrected chi connectivity index (χ1v) is 12.3. The Bertz CT molecular complexity index is 1110. The monoisotopic (exact) mass is 444 g/mol. The molecule has 0 amide bonds. The first-order valence-electron chi connectivity index (χ1n) is 10.8. The normalized spacial score (nSPS) is 27.3. The van der Waals surface area contributed by atoms with Crippen molar-refractivity contribution in [3.05, 3.63) is 42.5 Å². The average Bonchev–Trinajstić information content (AvgIpc) is 2.76. The van der Waals surface area contributed by atoms with E-state index in [0.29, 0.717) is 28.7 Å². The van der Waals surface area contributed by atoms with Gasteiger partial charge in [0.15, 0.2) is 5.03 Å². The number of rotatable bonds is 5. The van der Waals surface area contributed by atoms with E-state index < -0.39 is 20.7 Å². The third-order valence-corrected chi connectivity index (χ3v) is 9.32. The third-order valence-electron chi connectivity index (χ3n) is 6.94. The molecule has 7 heteroatoms. The Balaban J connectivity index is 1.84. The van der Waals surface area contributed by atoms with Crippen LogP contribution in [0.3, 0.4) is 0 Å². The fourth-order valence-electron chi connectivity index (χ4n) is 4.94. The fourth-order valence-corrected chi connectivity index (χ4v) is 6.07. The third kappa shape index (κ3) is 3.77. The SMILES string of the molecule is C=C[C@H]1CN2CCC1C[C@H]2[C@H](O)c1cc(S(=O)(=O)C(C)(C)C)nc2ccc(OC)cc12. The summed E-state index contributed by atoms with van der Waals surface area (Å²) in [7, 11) is -2.09. The molecule has 3 fully saturated rings. The van der Waals surface area contributed by atoms with Crippen LogP contribution >= 0.6 is 0 Å². The van der Waals surface area contributed by atoms with Gasteiger partial charge >= 0.3 is 0 Å². The van der Waals surface area contributed by atoms with E-state index in [0.717, 1.165) is 31.3 Å². The number of ether oxygens (including phenoxy) is 1. The minimum absolute atomic E-state index is 0.00616. The number of hydrogen-bond donors (Lipinski definition) is 1. The van der Waals surface area contributed by atoms with Crippen LogP contribution in [0.5, 0.6) is 5.75 Å². The van der Waals surface area contributed by atoms with Crippen LogP contribution in [0.4, 0.5) is 0 Å². The van der Waals surface area contributed by atoms with E-state index in [1.54, 1.807) is 46.1 Å². The van der Waals surface area contributed by atoms with Crippen molar-refractivity contribution in [2.24, 2.45) is 11.8 Å². The largest absolute Gasteiger partial charge is 0.497 e. The molecule has 1 N–H and O–H groups in total. The molecule has 6 nitrogen and oxygen atoms in total. The highest BCUT2D eigenvalue weighted by atomic mass is 32.2. The van der Waals surface area contributed by atoms with Gasteiger partial charge in [0.2, 0.25) is 9.84 Å². The number of benzene rings is 1. The highest BCUT2D eigenvalue weighted by molar-refractivity contribution is 7.92. The predicted octanol–water partition coefficient (Wildman–Crippen LogP) is 3.75. The predicted molar refractivity (Wildman–Crippen MR) is 122 cm³/mol. The van der Waals surface area contributed by atoms with Gasteiger partial charge in [0.25, 0.3) is 0 Å². The van der Waals surface area contributed by atoms with Crippen molar-refractivity contribution in [2.45, 2.75) is 55.5 Å². The Morgan fingerprint density at radius 1 is 1.32 bits per heavy atom. The van der Waals surface area contributed by atoms with Crippen molar-refractivity contribution in [1.82, 2.24) is 9.88 Å². The first kappa shape index (κ1) is 22.2. The van der Waals surface area contributed by atoms with E-state index in [4.69, 9.17) is 4.74 Å². The van der Waals surface area contributed by atoms with Gasteiger partial charge in [-0.2, -0.15) is 0 Å². The molecule has 2 aromatic rings. The number of aliphatic hydroxyl groups is 1. The molecule has 3 aliphatic rings. The smallest absolute Gasteiger partial charge is 0.200 e. The lowest BCUT2D eigenvalue weighted by atomic mass is 9.73. The highest BCUT2D eigenvalue weighted by Gasteiger charge is 2.43. The van der Waals surface area contributed by atoms with Gasteiger partial charge < -0.3 is 9.84 Å². The molecule has 4 heterocycles. The summed E-state index contributed by atoms with van der Waals surface area (Å²) in [5.74, 6) is 1.59. The zero-order valence-corrected chi connectivity index (χ0v) is 19.5. The minimum Gasteiger partial charge on any atom is -0.497 e. The lowest BCUT2D eigenvalue weighted by Gasteiger charge is -2.50. The van der Waals surface area contributed by atoms with E-state index in [1.807, 2.05) is 12.1 Å². The van der Waals surface area contributed by atoms with Gasteiger partial charge in [0.1, 0.15) is 5.75 Å². The Hall–Kier alpha value is -1.96. The number of nitrogens with zero attached hydrogens (tertiary/aromatic N) is 2. The van der Waals surface area contributed by atoms with Gasteiger partial charge in [0, 0.05) is 18.0 Å². The number of methoxy groups -OCH3 is 1. The molecule has 168 valence electrons. The summed E-state index contributed by atoms with van der Waals surface area (Å²) in [6.45, 7) is 10.8. The molecular formula is C24H32N2O4S. The van der Waals surface area contributed by atoms with Crippen LogP contribution < -0.4 is 4.74 Å². The number of fused-ring (bicyclic) bond motifs is 4. The van der Waals surface area contributed by atoms with Crippen LogP contribution in [-0.4, -0.2) is 54.4 Å². The molecule has 5 rings (SSSR count). The van der Waals surface area contributed by atoms with Crippen molar-refractivity contribution < 1.29 is 18.3 Å². The second kappa shape index (κ2) is 7.87. The second-order valence-electron chi connectivity index (χ2n) is 9.74. The minimum atomic E-state index is -3.67. The van der Waals surface area contributed by atoms with Crippen molar-refractivity contribution in [2.75, 3.05) is 20.2 Å². The maximum absolute atomic E-state index is 13.2. The number of aromatic nitrogens is 1. The molecule has 2 unspecified atom stereocenters. The molecule has 3 saturated heterocycles. The lowest BCUT2D eigenvalue weighted by Crippen LogP contribution is -2.54. The lowest BCUT2D eigenvalue weighted by molar-refractivity contribution is -0.0445. The first-order chi connectivity index (χ1) is 14.6. The molecule has 3 aliphatic heterocycles. The second-order valence-corrected chi connectivity index (χ2v) is 12.4. The van der Waals surface area contributed by atoms with Gasteiger partial charge in [-0.1, -0.05) is 6.08 Å². The average molecular weight is 445 g/mol. The topological polar surface area (TPSA) is 79.7 Å². The standard InChI is InChI=1S/C24H32N2O4S/c1-6-15-14-26-10-9-16(15)11-21(26)23(27)19-13-22(31(28,29)24(2,3)4)25-20-8-7-17(30-5)12-18(19)20/h6-8,12-13,15-16,21,23,27H,1,9-11,14H2,2-5H3/t15-,16?,21-,23+/m0/s1. The van der Waals surface area contributed by atoms with E-state index in [-0.39, 0.29) is 11.1 Å². The summed E-state index contributed by atoms with van der Waals surface area (Å²) in [5.41, 5.74) is 1.14. The van der Waals surface area contributed by atoms with E-state index in [2.05, 4.69) is 16.5 Å². The fraction of sp³-hybridized carbons (Fsp3) is 0.542. The zero-order valence-electron chi connectivity index (χ0n) is 18.7. The summed E-state index contributed by atoms with van der Waals surface area (Å²) >= 11 is 0. The summed E-state index contributed by atoms with van der Waals surface area (Å²) in [6.07, 6.45) is 3.18. The maximum atomic E-state index is 13.2. The van der Waals surface area contributed by atoms with Gasteiger partial charge in [-0.15, -0.1) is 6.58 Å². The molecular weight excluding hydrogens is 412 g/mol. The van der Waals surface area contributed by atoms with Gasteiger partial charge in [-0.3, -0.25) is 4.90 Å². The maximum Gasteiger partial charge on any atom is 0.200 e. The molecule has 0 spiro atoms. The summed E-state index contributed by atoms with van der Waals surface area (Å²) in [4.78, 5) is 6.79. The van der Waals surface area contributed by atoms with Crippen LogP contribution in [0.1, 0.15) is 45.3 Å². The molecule has 1 aromatic heterocycles. The Kier molecular flexibility index (Phi) is 5.65. The van der Waals surface area contributed by atoms with Crippen LogP contribution in [0.2, 0.25) is 0 Å². The van der Waals surface area contributed by atoms with Crippen LogP contribution in [-0.2, 0) is 9.84 Å². The quantitative estimate of drug-likeness (QED) is 0.708. The molecule has 0 saturated carbocycles.